The van der Waals surface area contributed by atoms with Crippen molar-refractivity contribution in [3.8, 4) is 11.3 Å². The second-order valence-electron chi connectivity index (χ2n) is 8.18. The van der Waals surface area contributed by atoms with Crippen molar-refractivity contribution in [2.75, 3.05) is 18.4 Å². The van der Waals surface area contributed by atoms with Crippen LogP contribution in [0.25, 0.3) is 16.9 Å². The topological polar surface area (TPSA) is 96.3 Å². The van der Waals surface area contributed by atoms with Crippen molar-refractivity contribution >= 4 is 28.0 Å². The number of imidazole rings is 1. The summed E-state index contributed by atoms with van der Waals surface area (Å²) in [6, 6.07) is 2.34. The highest BCUT2D eigenvalue weighted by atomic mass is 32.1. The van der Waals surface area contributed by atoms with Crippen LogP contribution in [-0.4, -0.2) is 59.1 Å². The van der Waals surface area contributed by atoms with E-state index in [9.17, 15) is 0 Å². The number of morpholine rings is 1. The average Bonchev–Trinajstić information content (AvgIpc) is 3.47. The van der Waals surface area contributed by atoms with E-state index in [1.165, 1.54) is 11.5 Å². The summed E-state index contributed by atoms with van der Waals surface area (Å²) in [6.07, 6.45) is 7.94. The zero-order valence-corrected chi connectivity index (χ0v) is 18.8. The first-order valence-electron chi connectivity index (χ1n) is 10.4. The SMILES string of the molecule is Cc1cn2c(-c3cn[nH]c3)cnc2c(Nc2cc(C(C)N3C[C@@H](C)O[C@@H](C)C3)ns2)n1. The largest absolute Gasteiger partial charge is 0.373 e. The fourth-order valence-corrected chi connectivity index (χ4v) is 4.90. The third kappa shape index (κ3) is 3.93. The number of aromatic amines is 1. The quantitative estimate of drug-likeness (QED) is 0.489. The van der Waals surface area contributed by atoms with E-state index in [1.54, 1.807) is 6.20 Å². The van der Waals surface area contributed by atoms with Gasteiger partial charge in [-0.3, -0.25) is 14.4 Å². The monoisotopic (exact) mass is 438 g/mol. The van der Waals surface area contributed by atoms with E-state index in [1.807, 2.05) is 29.9 Å². The van der Waals surface area contributed by atoms with E-state index in [0.29, 0.717) is 5.82 Å². The number of rotatable bonds is 5. The Bertz CT molecular complexity index is 1170. The Labute approximate surface area is 184 Å². The summed E-state index contributed by atoms with van der Waals surface area (Å²) in [5.41, 5.74) is 4.66. The molecule has 3 atom stereocenters. The van der Waals surface area contributed by atoms with Crippen LogP contribution >= 0.6 is 11.5 Å². The molecule has 1 saturated heterocycles. The molecule has 1 aliphatic rings. The third-order valence-corrected chi connectivity index (χ3v) is 6.32. The molecule has 5 heterocycles. The van der Waals surface area contributed by atoms with E-state index in [2.05, 4.69) is 57.2 Å². The molecule has 9 nitrogen and oxygen atoms in total. The maximum atomic E-state index is 5.87. The molecule has 0 aromatic carbocycles. The Morgan fingerprint density at radius 1 is 1.26 bits per heavy atom. The number of fused-ring (bicyclic) bond motifs is 1. The first-order valence-corrected chi connectivity index (χ1v) is 11.2. The minimum Gasteiger partial charge on any atom is -0.373 e. The number of anilines is 2. The first-order chi connectivity index (χ1) is 15.0. The minimum absolute atomic E-state index is 0.227. The van der Waals surface area contributed by atoms with Crippen LogP contribution in [0, 0.1) is 6.92 Å². The molecule has 4 aromatic heterocycles. The van der Waals surface area contributed by atoms with Gasteiger partial charge in [-0.05, 0) is 45.3 Å². The molecule has 31 heavy (non-hydrogen) atoms. The van der Waals surface area contributed by atoms with Crippen LogP contribution in [0.4, 0.5) is 10.8 Å². The Morgan fingerprint density at radius 3 is 2.81 bits per heavy atom. The van der Waals surface area contributed by atoms with Gasteiger partial charge in [0.2, 0.25) is 0 Å². The molecule has 0 bridgehead atoms. The standard InChI is InChI=1S/C21H26N8OS/c1-12-9-29-18(16-6-23-24-7-16)8-22-21(29)20(25-12)26-19-5-17(27-31-19)15(4)28-10-13(2)30-14(3)11-28/h5-9,13-15H,10-11H2,1-4H3,(H,23,24)(H,25,26)/t13-,14+,15?. The maximum absolute atomic E-state index is 5.87. The summed E-state index contributed by atoms with van der Waals surface area (Å²) in [7, 11) is 0. The van der Waals surface area contributed by atoms with Gasteiger partial charge >= 0.3 is 0 Å². The van der Waals surface area contributed by atoms with Gasteiger partial charge in [0.05, 0.1) is 47.7 Å². The van der Waals surface area contributed by atoms with Gasteiger partial charge in [0, 0.05) is 31.0 Å². The predicted molar refractivity (Wildman–Crippen MR) is 121 cm³/mol. The number of hydrogen-bond donors (Lipinski definition) is 2. The Kier molecular flexibility index (Phi) is 5.20. The Morgan fingerprint density at radius 2 is 2.06 bits per heavy atom. The van der Waals surface area contributed by atoms with Crippen LogP contribution in [-0.2, 0) is 4.74 Å². The summed E-state index contributed by atoms with van der Waals surface area (Å²) in [5.74, 6) is 0.714. The summed E-state index contributed by atoms with van der Waals surface area (Å²) in [6.45, 7) is 10.3. The summed E-state index contributed by atoms with van der Waals surface area (Å²) < 4.78 is 12.6. The van der Waals surface area contributed by atoms with Gasteiger partial charge in [-0.15, -0.1) is 0 Å². The van der Waals surface area contributed by atoms with Crippen molar-refractivity contribution in [3.05, 3.63) is 42.2 Å². The van der Waals surface area contributed by atoms with Crippen molar-refractivity contribution < 1.29 is 4.74 Å². The lowest BCUT2D eigenvalue weighted by Crippen LogP contribution is -2.46. The van der Waals surface area contributed by atoms with Crippen LogP contribution < -0.4 is 5.32 Å². The number of aromatic nitrogens is 6. The first kappa shape index (κ1) is 20.1. The maximum Gasteiger partial charge on any atom is 0.180 e. The van der Waals surface area contributed by atoms with Gasteiger partial charge in [-0.1, -0.05) is 0 Å². The van der Waals surface area contributed by atoms with Crippen LogP contribution in [0.5, 0.6) is 0 Å². The lowest BCUT2D eigenvalue weighted by molar-refractivity contribution is -0.0792. The Balaban J connectivity index is 1.40. The number of H-pyrrole nitrogens is 1. The molecule has 10 heteroatoms. The van der Waals surface area contributed by atoms with Crippen molar-refractivity contribution in [2.24, 2.45) is 0 Å². The second-order valence-corrected chi connectivity index (χ2v) is 8.99. The zero-order valence-electron chi connectivity index (χ0n) is 18.0. The minimum atomic E-state index is 0.227. The number of nitrogens with one attached hydrogen (secondary N) is 2. The molecule has 4 aromatic rings. The molecule has 0 saturated carbocycles. The zero-order chi connectivity index (χ0) is 21.5. The molecule has 0 radical (unpaired) electrons. The van der Waals surface area contributed by atoms with Gasteiger partial charge in [0.25, 0.3) is 0 Å². The van der Waals surface area contributed by atoms with E-state index in [0.717, 1.165) is 46.4 Å². The number of aryl methyl sites for hydroxylation is 1. The van der Waals surface area contributed by atoms with Crippen molar-refractivity contribution in [3.63, 3.8) is 0 Å². The molecule has 5 rings (SSSR count). The molecule has 162 valence electrons. The van der Waals surface area contributed by atoms with Crippen LogP contribution in [0.15, 0.2) is 30.9 Å². The molecular weight excluding hydrogens is 412 g/mol. The number of hydrogen-bond acceptors (Lipinski definition) is 8. The number of nitrogens with zero attached hydrogens (tertiary/aromatic N) is 6. The molecular formula is C21H26N8OS. The average molecular weight is 439 g/mol. The van der Waals surface area contributed by atoms with E-state index in [-0.39, 0.29) is 18.2 Å². The third-order valence-electron chi connectivity index (χ3n) is 5.60. The highest BCUT2D eigenvalue weighted by Gasteiger charge is 2.27. The van der Waals surface area contributed by atoms with Crippen molar-refractivity contribution in [1.82, 2.24) is 33.8 Å². The van der Waals surface area contributed by atoms with E-state index >= 15 is 0 Å². The van der Waals surface area contributed by atoms with Gasteiger partial charge in [0.1, 0.15) is 5.00 Å². The fourth-order valence-electron chi connectivity index (χ4n) is 4.18. The lowest BCUT2D eigenvalue weighted by Gasteiger charge is -2.38. The van der Waals surface area contributed by atoms with Gasteiger partial charge in [0.15, 0.2) is 11.5 Å². The summed E-state index contributed by atoms with van der Waals surface area (Å²) in [5, 5.41) is 11.3. The molecule has 1 unspecified atom stereocenters. The normalized spacial score (nSPS) is 20.9. The van der Waals surface area contributed by atoms with Crippen LogP contribution in [0.1, 0.15) is 38.2 Å². The highest BCUT2D eigenvalue weighted by molar-refractivity contribution is 7.10. The van der Waals surface area contributed by atoms with Crippen molar-refractivity contribution in [2.45, 2.75) is 45.9 Å². The molecule has 1 aliphatic heterocycles. The molecule has 2 N–H and O–H groups in total. The highest BCUT2D eigenvalue weighted by Crippen LogP contribution is 2.31. The molecule has 1 fully saturated rings. The predicted octanol–water partition coefficient (Wildman–Crippen LogP) is 3.80. The van der Waals surface area contributed by atoms with E-state index < -0.39 is 0 Å². The summed E-state index contributed by atoms with van der Waals surface area (Å²) in [4.78, 5) is 11.7. The molecule has 0 amide bonds. The van der Waals surface area contributed by atoms with Crippen LogP contribution in [0.2, 0.25) is 0 Å². The summed E-state index contributed by atoms with van der Waals surface area (Å²) >= 11 is 1.45. The molecule has 0 spiro atoms. The van der Waals surface area contributed by atoms with Gasteiger partial charge < -0.3 is 10.1 Å². The van der Waals surface area contributed by atoms with Crippen LogP contribution in [0.3, 0.4) is 0 Å². The Hall–Kier alpha value is -2.82. The smallest absolute Gasteiger partial charge is 0.180 e. The van der Waals surface area contributed by atoms with Crippen molar-refractivity contribution in [1.29, 1.82) is 0 Å². The van der Waals surface area contributed by atoms with Gasteiger partial charge in [-0.2, -0.15) is 9.47 Å². The van der Waals surface area contributed by atoms with E-state index in [4.69, 9.17) is 9.11 Å². The number of ether oxygens (including phenoxy) is 1. The lowest BCUT2D eigenvalue weighted by atomic mass is 10.1. The second kappa shape index (κ2) is 8.03. The fraction of sp³-hybridized carbons (Fsp3) is 0.429. The molecule has 0 aliphatic carbocycles. The van der Waals surface area contributed by atoms with Gasteiger partial charge in [-0.25, -0.2) is 9.97 Å².